The molecule has 1 aromatic heterocycles. The van der Waals surface area contributed by atoms with Gasteiger partial charge in [-0.25, -0.2) is 0 Å². The van der Waals surface area contributed by atoms with Crippen LogP contribution in [0.5, 0.6) is 0 Å². The predicted octanol–water partition coefficient (Wildman–Crippen LogP) is 3.51. The molecule has 2 aromatic carbocycles. The van der Waals surface area contributed by atoms with Crippen molar-refractivity contribution in [1.29, 1.82) is 0 Å². The van der Waals surface area contributed by atoms with Gasteiger partial charge in [0.25, 0.3) is 0 Å². The van der Waals surface area contributed by atoms with Crippen molar-refractivity contribution in [3.8, 4) is 11.1 Å². The molecule has 0 saturated carbocycles. The van der Waals surface area contributed by atoms with Crippen LogP contribution in [-0.4, -0.2) is 18.8 Å². The molecular weight excluding hydrogens is 220 g/mol. The summed E-state index contributed by atoms with van der Waals surface area (Å²) < 4.78 is 2.18. The van der Waals surface area contributed by atoms with E-state index >= 15 is 0 Å². The Labute approximate surface area is 107 Å². The number of hydrogen-bond acceptors (Lipinski definition) is 1. The third-order valence-corrected chi connectivity index (χ3v) is 3.21. The summed E-state index contributed by atoms with van der Waals surface area (Å²) in [6, 6.07) is 19.0. The number of aromatic nitrogens is 1. The van der Waals surface area contributed by atoms with E-state index in [9.17, 15) is 0 Å². The van der Waals surface area contributed by atoms with Gasteiger partial charge in [-0.15, -0.1) is 0 Å². The van der Waals surface area contributed by atoms with Gasteiger partial charge in [0.1, 0.15) is 0 Å². The second-order valence-corrected chi connectivity index (χ2v) is 4.62. The molecule has 2 heteroatoms. The third kappa shape index (κ3) is 1.66. The van der Waals surface area contributed by atoms with Crippen LogP contribution in [0.15, 0.2) is 60.8 Å². The molecule has 0 unspecified atom stereocenters. The molecule has 18 heavy (non-hydrogen) atoms. The topological polar surface area (TPSA) is 8.17 Å². The van der Waals surface area contributed by atoms with Crippen molar-refractivity contribution in [2.24, 2.45) is 0 Å². The maximum atomic E-state index is 2.19. The molecular formula is C16H16N2. The molecule has 0 radical (unpaired) electrons. The van der Waals surface area contributed by atoms with Crippen molar-refractivity contribution in [3.63, 3.8) is 0 Å². The molecule has 0 aliphatic carbocycles. The number of rotatable bonds is 2. The predicted molar refractivity (Wildman–Crippen MR) is 77.4 cm³/mol. The highest BCUT2D eigenvalue weighted by atomic mass is 15.5. The largest absolute Gasteiger partial charge is 0.319 e. The smallest absolute Gasteiger partial charge is 0.0700 e. The summed E-state index contributed by atoms with van der Waals surface area (Å²) in [7, 11) is 4.11. The fourth-order valence-electron chi connectivity index (χ4n) is 2.34. The average molecular weight is 236 g/mol. The van der Waals surface area contributed by atoms with Crippen molar-refractivity contribution in [1.82, 2.24) is 4.68 Å². The summed E-state index contributed by atoms with van der Waals surface area (Å²) in [5, 5.41) is 3.38. The van der Waals surface area contributed by atoms with Gasteiger partial charge in [0, 0.05) is 31.2 Å². The monoisotopic (exact) mass is 236 g/mol. The third-order valence-electron chi connectivity index (χ3n) is 3.21. The molecule has 3 aromatic rings. The van der Waals surface area contributed by atoms with E-state index in [0.29, 0.717) is 0 Å². The molecule has 0 atom stereocenters. The molecule has 0 fully saturated rings. The highest BCUT2D eigenvalue weighted by molar-refractivity contribution is 5.96. The first kappa shape index (κ1) is 10.9. The number of hydrogen-bond donors (Lipinski definition) is 0. The molecule has 0 aliphatic heterocycles. The second-order valence-electron chi connectivity index (χ2n) is 4.62. The van der Waals surface area contributed by atoms with E-state index in [2.05, 4.69) is 84.6 Å². The van der Waals surface area contributed by atoms with Gasteiger partial charge in [0.05, 0.1) is 5.52 Å². The van der Waals surface area contributed by atoms with Crippen LogP contribution in [0.1, 0.15) is 0 Å². The Kier molecular flexibility index (Phi) is 2.56. The van der Waals surface area contributed by atoms with Crippen LogP contribution in [0.4, 0.5) is 0 Å². The van der Waals surface area contributed by atoms with Crippen molar-refractivity contribution in [2.75, 3.05) is 19.1 Å². The quantitative estimate of drug-likeness (QED) is 0.661. The summed E-state index contributed by atoms with van der Waals surface area (Å²) in [5.74, 6) is 0. The van der Waals surface area contributed by atoms with Crippen molar-refractivity contribution in [3.05, 3.63) is 60.8 Å². The maximum absolute atomic E-state index is 2.19. The van der Waals surface area contributed by atoms with Crippen LogP contribution in [0.2, 0.25) is 0 Å². The Hall–Kier alpha value is -2.22. The Bertz CT molecular complexity index is 666. The fraction of sp³-hybridized carbons (Fsp3) is 0.125. The molecule has 0 saturated heterocycles. The lowest BCUT2D eigenvalue weighted by atomic mass is 10.1. The first-order valence-corrected chi connectivity index (χ1v) is 6.10. The summed E-state index contributed by atoms with van der Waals surface area (Å²) in [5.41, 5.74) is 3.77. The highest BCUT2D eigenvalue weighted by Crippen LogP contribution is 2.30. The number of fused-ring (bicyclic) bond motifs is 1. The zero-order chi connectivity index (χ0) is 12.5. The fourth-order valence-corrected chi connectivity index (χ4v) is 2.34. The summed E-state index contributed by atoms with van der Waals surface area (Å²) in [4.78, 5) is 0. The summed E-state index contributed by atoms with van der Waals surface area (Å²) in [6.07, 6.45) is 2.19. The van der Waals surface area contributed by atoms with Gasteiger partial charge in [-0.3, -0.25) is 4.68 Å². The van der Waals surface area contributed by atoms with Gasteiger partial charge < -0.3 is 5.01 Å². The lowest BCUT2D eigenvalue weighted by Crippen LogP contribution is -2.23. The molecule has 3 rings (SSSR count). The Morgan fingerprint density at radius 3 is 2.22 bits per heavy atom. The van der Waals surface area contributed by atoms with E-state index in [4.69, 9.17) is 0 Å². The zero-order valence-corrected chi connectivity index (χ0v) is 10.7. The van der Waals surface area contributed by atoms with Crippen molar-refractivity contribution in [2.45, 2.75) is 0 Å². The molecule has 2 nitrogen and oxygen atoms in total. The molecule has 1 heterocycles. The summed E-state index contributed by atoms with van der Waals surface area (Å²) in [6.45, 7) is 0. The van der Waals surface area contributed by atoms with E-state index < -0.39 is 0 Å². The summed E-state index contributed by atoms with van der Waals surface area (Å²) >= 11 is 0. The van der Waals surface area contributed by atoms with Crippen LogP contribution < -0.4 is 5.01 Å². The van der Waals surface area contributed by atoms with Crippen LogP contribution >= 0.6 is 0 Å². The van der Waals surface area contributed by atoms with Gasteiger partial charge in [-0.05, 0) is 11.6 Å². The molecule has 90 valence electrons. The number of nitrogens with zero attached hydrogens (tertiary/aromatic N) is 2. The van der Waals surface area contributed by atoms with Crippen molar-refractivity contribution < 1.29 is 0 Å². The molecule has 0 N–H and O–H groups in total. The van der Waals surface area contributed by atoms with Crippen molar-refractivity contribution >= 4 is 10.9 Å². The standard InChI is InChI=1S/C16H16N2/c1-17(2)18-12-15(13-8-4-3-5-9-13)14-10-6-7-11-16(14)18/h3-12H,1-2H3. The Morgan fingerprint density at radius 2 is 1.50 bits per heavy atom. The Morgan fingerprint density at radius 1 is 0.833 bits per heavy atom. The molecule has 0 amide bonds. The number of para-hydroxylation sites is 1. The average Bonchev–Trinajstić information content (AvgIpc) is 2.79. The first-order valence-electron chi connectivity index (χ1n) is 6.10. The van der Waals surface area contributed by atoms with E-state index in [-0.39, 0.29) is 0 Å². The normalized spacial score (nSPS) is 10.8. The van der Waals surface area contributed by atoms with E-state index in [1.807, 2.05) is 0 Å². The minimum atomic E-state index is 1.24. The second kappa shape index (κ2) is 4.22. The van der Waals surface area contributed by atoms with Gasteiger partial charge in [-0.1, -0.05) is 48.5 Å². The SMILES string of the molecule is CN(C)n1cc(-c2ccccc2)c2ccccc21. The molecule has 0 bridgehead atoms. The van der Waals surface area contributed by atoms with Crippen LogP contribution in [0, 0.1) is 0 Å². The molecule has 0 spiro atoms. The Balaban J connectivity index is 2.31. The maximum Gasteiger partial charge on any atom is 0.0700 e. The highest BCUT2D eigenvalue weighted by Gasteiger charge is 2.10. The first-order chi connectivity index (χ1) is 8.77. The molecule has 0 aliphatic rings. The zero-order valence-electron chi connectivity index (χ0n) is 10.7. The van der Waals surface area contributed by atoms with Gasteiger partial charge in [0.15, 0.2) is 0 Å². The van der Waals surface area contributed by atoms with E-state index in [1.165, 1.54) is 22.0 Å². The minimum absolute atomic E-state index is 1.24. The lowest BCUT2D eigenvalue weighted by Gasteiger charge is -2.15. The minimum Gasteiger partial charge on any atom is -0.319 e. The van der Waals surface area contributed by atoms with Crippen LogP contribution in [0.3, 0.4) is 0 Å². The number of benzene rings is 2. The van der Waals surface area contributed by atoms with Crippen LogP contribution in [-0.2, 0) is 0 Å². The van der Waals surface area contributed by atoms with Crippen LogP contribution in [0.25, 0.3) is 22.0 Å². The lowest BCUT2D eigenvalue weighted by molar-refractivity contribution is 0.762. The van der Waals surface area contributed by atoms with E-state index in [0.717, 1.165) is 0 Å². The van der Waals surface area contributed by atoms with E-state index in [1.54, 1.807) is 0 Å². The van der Waals surface area contributed by atoms with Gasteiger partial charge in [0.2, 0.25) is 0 Å². The van der Waals surface area contributed by atoms with Gasteiger partial charge in [-0.2, -0.15) is 0 Å². The van der Waals surface area contributed by atoms with Gasteiger partial charge >= 0.3 is 0 Å².